The number of anilines is 2. The van der Waals surface area contributed by atoms with E-state index in [1.54, 1.807) is 25.4 Å². The SMILES string of the molecule is COc1ccccc1NC(=O)C1CCCN(c2ccnc(-c3ccc(F)cc3)n2)C1. The number of para-hydroxylation sites is 2. The van der Waals surface area contributed by atoms with Gasteiger partial charge in [0.15, 0.2) is 5.82 Å². The second-order valence-electron chi connectivity index (χ2n) is 7.22. The molecule has 1 saturated heterocycles. The van der Waals surface area contributed by atoms with Gasteiger partial charge in [-0.25, -0.2) is 14.4 Å². The molecule has 4 rings (SSSR count). The largest absolute Gasteiger partial charge is 0.495 e. The first-order chi connectivity index (χ1) is 14.6. The molecule has 30 heavy (non-hydrogen) atoms. The molecule has 154 valence electrons. The maximum atomic E-state index is 13.2. The second kappa shape index (κ2) is 8.90. The summed E-state index contributed by atoms with van der Waals surface area (Å²) in [5.41, 5.74) is 1.42. The van der Waals surface area contributed by atoms with E-state index in [9.17, 15) is 9.18 Å². The van der Waals surface area contributed by atoms with Crippen LogP contribution in [-0.4, -0.2) is 36.1 Å². The first-order valence-corrected chi connectivity index (χ1v) is 9.92. The fourth-order valence-electron chi connectivity index (χ4n) is 3.65. The zero-order valence-corrected chi connectivity index (χ0v) is 16.7. The van der Waals surface area contributed by atoms with Crippen LogP contribution in [0.25, 0.3) is 11.4 Å². The maximum Gasteiger partial charge on any atom is 0.229 e. The van der Waals surface area contributed by atoms with E-state index in [1.165, 1.54) is 12.1 Å². The van der Waals surface area contributed by atoms with Gasteiger partial charge in [-0.15, -0.1) is 0 Å². The van der Waals surface area contributed by atoms with Crippen molar-refractivity contribution in [3.8, 4) is 17.1 Å². The van der Waals surface area contributed by atoms with Crippen molar-refractivity contribution in [2.45, 2.75) is 12.8 Å². The number of hydrogen-bond acceptors (Lipinski definition) is 5. The fraction of sp³-hybridized carbons (Fsp3) is 0.261. The lowest BCUT2D eigenvalue weighted by Gasteiger charge is -2.33. The molecule has 0 bridgehead atoms. The molecule has 2 aromatic carbocycles. The first-order valence-electron chi connectivity index (χ1n) is 9.92. The fourth-order valence-corrected chi connectivity index (χ4v) is 3.65. The topological polar surface area (TPSA) is 67.3 Å². The molecule has 1 aliphatic heterocycles. The predicted octanol–water partition coefficient (Wildman–Crippen LogP) is 4.15. The molecule has 0 saturated carbocycles. The first kappa shape index (κ1) is 19.8. The Labute approximate surface area is 174 Å². The summed E-state index contributed by atoms with van der Waals surface area (Å²) in [6, 6.07) is 15.3. The molecule has 1 fully saturated rings. The number of nitrogens with one attached hydrogen (secondary N) is 1. The van der Waals surface area contributed by atoms with E-state index in [2.05, 4.69) is 20.2 Å². The van der Waals surface area contributed by atoms with Gasteiger partial charge >= 0.3 is 0 Å². The number of carbonyl (C=O) groups is 1. The van der Waals surface area contributed by atoms with Gasteiger partial charge in [0, 0.05) is 24.8 Å². The second-order valence-corrected chi connectivity index (χ2v) is 7.22. The van der Waals surface area contributed by atoms with Crippen LogP contribution in [0.15, 0.2) is 60.8 Å². The zero-order chi connectivity index (χ0) is 20.9. The highest BCUT2D eigenvalue weighted by Crippen LogP contribution is 2.27. The third kappa shape index (κ3) is 4.40. The number of benzene rings is 2. The third-order valence-electron chi connectivity index (χ3n) is 5.22. The number of piperidine rings is 1. The Bertz CT molecular complexity index is 1030. The minimum atomic E-state index is -0.296. The summed E-state index contributed by atoms with van der Waals surface area (Å²) < 4.78 is 18.5. The molecule has 6 nitrogen and oxygen atoms in total. The van der Waals surface area contributed by atoms with Crippen LogP contribution in [0.4, 0.5) is 15.9 Å². The van der Waals surface area contributed by atoms with E-state index in [1.807, 2.05) is 30.3 Å². The van der Waals surface area contributed by atoms with E-state index >= 15 is 0 Å². The predicted molar refractivity (Wildman–Crippen MR) is 114 cm³/mol. The Balaban J connectivity index is 1.48. The zero-order valence-electron chi connectivity index (χ0n) is 16.7. The summed E-state index contributed by atoms with van der Waals surface area (Å²) in [6.07, 6.45) is 3.40. The highest BCUT2D eigenvalue weighted by molar-refractivity contribution is 5.94. The number of halogens is 1. The normalized spacial score (nSPS) is 16.2. The molecule has 0 spiro atoms. The van der Waals surface area contributed by atoms with Gasteiger partial charge in [0.2, 0.25) is 5.91 Å². The van der Waals surface area contributed by atoms with Crippen molar-refractivity contribution in [2.75, 3.05) is 30.4 Å². The van der Waals surface area contributed by atoms with Crippen molar-refractivity contribution in [3.63, 3.8) is 0 Å². The Morgan fingerprint density at radius 2 is 1.97 bits per heavy atom. The van der Waals surface area contributed by atoms with Crippen LogP contribution >= 0.6 is 0 Å². The average Bonchev–Trinajstić information content (AvgIpc) is 2.80. The Hall–Kier alpha value is -3.48. The van der Waals surface area contributed by atoms with Crippen molar-refractivity contribution in [1.82, 2.24) is 9.97 Å². The average molecular weight is 406 g/mol. The van der Waals surface area contributed by atoms with E-state index in [0.29, 0.717) is 23.8 Å². The molecular weight excluding hydrogens is 383 g/mol. The number of ether oxygens (including phenoxy) is 1. The summed E-state index contributed by atoms with van der Waals surface area (Å²) in [4.78, 5) is 23.9. The van der Waals surface area contributed by atoms with Crippen LogP contribution in [-0.2, 0) is 4.79 Å². The van der Waals surface area contributed by atoms with E-state index in [-0.39, 0.29) is 17.6 Å². The van der Waals surface area contributed by atoms with Gasteiger partial charge in [-0.1, -0.05) is 12.1 Å². The van der Waals surface area contributed by atoms with Crippen molar-refractivity contribution >= 4 is 17.4 Å². The molecule has 7 heteroatoms. The van der Waals surface area contributed by atoms with E-state index < -0.39 is 0 Å². The lowest BCUT2D eigenvalue weighted by molar-refractivity contribution is -0.120. The van der Waals surface area contributed by atoms with E-state index in [4.69, 9.17) is 4.74 Å². The van der Waals surface area contributed by atoms with Gasteiger partial charge in [-0.05, 0) is 55.3 Å². The number of aromatic nitrogens is 2. The van der Waals surface area contributed by atoms with Crippen molar-refractivity contribution < 1.29 is 13.9 Å². The van der Waals surface area contributed by atoms with Crippen LogP contribution < -0.4 is 15.0 Å². The lowest BCUT2D eigenvalue weighted by Crippen LogP contribution is -2.41. The minimum Gasteiger partial charge on any atom is -0.495 e. The maximum absolute atomic E-state index is 13.2. The summed E-state index contributed by atoms with van der Waals surface area (Å²) in [5, 5.41) is 2.99. The van der Waals surface area contributed by atoms with Crippen LogP contribution in [0.5, 0.6) is 5.75 Å². The van der Waals surface area contributed by atoms with Gasteiger partial charge < -0.3 is 15.0 Å². The third-order valence-corrected chi connectivity index (χ3v) is 5.22. The molecule has 2 heterocycles. The molecule has 1 aromatic heterocycles. The van der Waals surface area contributed by atoms with Gasteiger partial charge in [-0.2, -0.15) is 0 Å². The number of rotatable bonds is 5. The molecule has 0 radical (unpaired) electrons. The van der Waals surface area contributed by atoms with Gasteiger partial charge in [0.1, 0.15) is 17.4 Å². The van der Waals surface area contributed by atoms with E-state index in [0.717, 1.165) is 30.8 Å². The van der Waals surface area contributed by atoms with Gasteiger partial charge in [-0.3, -0.25) is 4.79 Å². The number of hydrogen-bond donors (Lipinski definition) is 1. The summed E-state index contributed by atoms with van der Waals surface area (Å²) >= 11 is 0. The molecular formula is C23H23FN4O2. The Morgan fingerprint density at radius 3 is 2.77 bits per heavy atom. The Kier molecular flexibility index (Phi) is 5.88. The number of amides is 1. The number of carbonyl (C=O) groups excluding carboxylic acids is 1. The molecule has 1 N–H and O–H groups in total. The highest BCUT2D eigenvalue weighted by atomic mass is 19.1. The standard InChI is InChI=1S/C23H23FN4O2/c1-30-20-7-3-2-6-19(20)26-23(29)17-5-4-14-28(15-17)21-12-13-25-22(27-21)16-8-10-18(24)11-9-16/h2-3,6-13,17H,4-5,14-15H2,1H3,(H,26,29). The summed E-state index contributed by atoms with van der Waals surface area (Å²) in [6.45, 7) is 1.39. The van der Waals surface area contributed by atoms with Crippen molar-refractivity contribution in [3.05, 3.63) is 66.6 Å². The minimum absolute atomic E-state index is 0.0305. The molecule has 1 unspecified atom stereocenters. The Morgan fingerprint density at radius 1 is 1.17 bits per heavy atom. The highest BCUT2D eigenvalue weighted by Gasteiger charge is 2.27. The molecule has 1 aliphatic rings. The summed E-state index contributed by atoms with van der Waals surface area (Å²) in [5.74, 6) is 1.45. The van der Waals surface area contributed by atoms with Gasteiger partial charge in [0.05, 0.1) is 18.7 Å². The molecule has 1 atom stereocenters. The number of methoxy groups -OCH3 is 1. The molecule has 0 aliphatic carbocycles. The van der Waals surface area contributed by atoms with Crippen molar-refractivity contribution in [2.24, 2.45) is 5.92 Å². The van der Waals surface area contributed by atoms with Crippen LogP contribution in [0.3, 0.4) is 0 Å². The quantitative estimate of drug-likeness (QED) is 0.690. The monoisotopic (exact) mass is 406 g/mol. The smallest absolute Gasteiger partial charge is 0.229 e. The van der Waals surface area contributed by atoms with Gasteiger partial charge in [0.25, 0.3) is 0 Å². The molecule has 3 aromatic rings. The molecule has 1 amide bonds. The van der Waals surface area contributed by atoms with Crippen LogP contribution in [0.1, 0.15) is 12.8 Å². The summed E-state index contributed by atoms with van der Waals surface area (Å²) in [7, 11) is 1.58. The van der Waals surface area contributed by atoms with Crippen LogP contribution in [0, 0.1) is 11.7 Å². The lowest BCUT2D eigenvalue weighted by atomic mass is 9.97. The van der Waals surface area contributed by atoms with Crippen LogP contribution in [0.2, 0.25) is 0 Å². The van der Waals surface area contributed by atoms with Crippen molar-refractivity contribution in [1.29, 1.82) is 0 Å². The number of nitrogens with zero attached hydrogens (tertiary/aromatic N) is 3.